The third-order valence-electron chi connectivity index (χ3n) is 4.11. The molecule has 2 aromatic heterocycles. The highest BCUT2D eigenvalue weighted by molar-refractivity contribution is 6.32. The summed E-state index contributed by atoms with van der Waals surface area (Å²) in [4.78, 5) is 9.41. The molecule has 0 aliphatic carbocycles. The van der Waals surface area contributed by atoms with Crippen LogP contribution in [-0.4, -0.2) is 50.6 Å². The van der Waals surface area contributed by atoms with Gasteiger partial charge < -0.3 is 14.4 Å². The van der Waals surface area contributed by atoms with Gasteiger partial charge in [-0.25, -0.2) is 23.4 Å². The van der Waals surface area contributed by atoms with Gasteiger partial charge in [-0.1, -0.05) is 16.8 Å². The monoisotopic (exact) mass is 444 g/mol. The number of benzene rings is 1. The summed E-state index contributed by atoms with van der Waals surface area (Å²) in [6, 6.07) is 4.30. The van der Waals surface area contributed by atoms with E-state index in [9.17, 15) is 17.6 Å². The van der Waals surface area contributed by atoms with Crippen molar-refractivity contribution in [2.24, 2.45) is 0 Å². The Labute approximate surface area is 172 Å². The molecule has 8 nitrogen and oxygen atoms in total. The van der Waals surface area contributed by atoms with Crippen LogP contribution in [0.3, 0.4) is 0 Å². The number of anilines is 1. The molecule has 0 N–H and O–H groups in total. The summed E-state index contributed by atoms with van der Waals surface area (Å²) in [5.74, 6) is -2.87. The molecular formula is C17H13ClF4N6O2. The summed E-state index contributed by atoms with van der Waals surface area (Å²) in [7, 11) is 0. The van der Waals surface area contributed by atoms with Crippen LogP contribution in [0.2, 0.25) is 5.02 Å². The molecule has 0 atom stereocenters. The lowest BCUT2D eigenvalue weighted by Crippen LogP contribution is -2.56. The molecule has 1 aliphatic rings. The average molecular weight is 445 g/mol. The maximum absolute atomic E-state index is 12.9. The van der Waals surface area contributed by atoms with Crippen LogP contribution in [0.25, 0.3) is 5.69 Å². The Kier molecular flexibility index (Phi) is 5.33. The van der Waals surface area contributed by atoms with Gasteiger partial charge in [-0.15, -0.1) is 5.10 Å². The van der Waals surface area contributed by atoms with Gasteiger partial charge in [0.25, 0.3) is 5.92 Å². The quantitative estimate of drug-likeness (QED) is 0.517. The van der Waals surface area contributed by atoms with Gasteiger partial charge in [-0.3, -0.25) is 0 Å². The topological polar surface area (TPSA) is 78.2 Å². The maximum atomic E-state index is 12.9. The summed E-state index contributed by atoms with van der Waals surface area (Å²) in [6.45, 7) is -3.76. The van der Waals surface area contributed by atoms with Crippen molar-refractivity contribution in [3.05, 3.63) is 47.5 Å². The van der Waals surface area contributed by atoms with Crippen molar-refractivity contribution >= 4 is 17.3 Å². The minimum absolute atomic E-state index is 0.0187. The predicted octanol–water partition coefficient (Wildman–Crippen LogP) is 3.35. The van der Waals surface area contributed by atoms with Crippen LogP contribution < -0.4 is 14.4 Å². The smallest absolute Gasteiger partial charge is 0.387 e. The molecule has 4 rings (SSSR count). The van der Waals surface area contributed by atoms with Crippen LogP contribution in [0, 0.1) is 0 Å². The molecule has 30 heavy (non-hydrogen) atoms. The van der Waals surface area contributed by atoms with Gasteiger partial charge in [0.05, 0.1) is 48.1 Å². The first-order valence-corrected chi connectivity index (χ1v) is 8.90. The van der Waals surface area contributed by atoms with E-state index >= 15 is 0 Å². The fraction of sp³-hybridized carbons (Fsp3) is 0.294. The van der Waals surface area contributed by atoms with Gasteiger partial charge in [0.1, 0.15) is 18.1 Å². The molecule has 1 aromatic carbocycles. The zero-order valence-electron chi connectivity index (χ0n) is 15.1. The van der Waals surface area contributed by atoms with Crippen LogP contribution >= 0.6 is 11.6 Å². The molecular weight excluding hydrogens is 432 g/mol. The predicted molar refractivity (Wildman–Crippen MR) is 96.5 cm³/mol. The molecule has 0 spiro atoms. The zero-order chi connectivity index (χ0) is 21.3. The third-order valence-corrected chi connectivity index (χ3v) is 4.42. The SMILES string of the molecule is FC(F)Oc1cc(-n2cc(COc3ncc(N4CC(F)(F)C4)cn3)nn2)ccc1Cl. The minimum atomic E-state index is -3.01. The van der Waals surface area contributed by atoms with Gasteiger partial charge in [-0.2, -0.15) is 8.78 Å². The fourth-order valence-corrected chi connectivity index (χ4v) is 2.85. The van der Waals surface area contributed by atoms with E-state index in [0.717, 1.165) is 0 Å². The van der Waals surface area contributed by atoms with E-state index in [1.807, 2.05) is 0 Å². The number of aromatic nitrogens is 5. The number of hydrogen-bond donors (Lipinski definition) is 0. The lowest BCUT2D eigenvalue weighted by Gasteiger charge is -2.39. The van der Waals surface area contributed by atoms with Crippen molar-refractivity contribution in [2.75, 3.05) is 18.0 Å². The zero-order valence-corrected chi connectivity index (χ0v) is 15.8. The van der Waals surface area contributed by atoms with Gasteiger partial charge in [0.15, 0.2) is 0 Å². The lowest BCUT2D eigenvalue weighted by molar-refractivity contribution is -0.0498. The van der Waals surface area contributed by atoms with Gasteiger partial charge >= 0.3 is 12.6 Å². The van der Waals surface area contributed by atoms with Crippen molar-refractivity contribution in [2.45, 2.75) is 19.1 Å². The highest BCUT2D eigenvalue weighted by Gasteiger charge is 2.44. The summed E-state index contributed by atoms with van der Waals surface area (Å²) >= 11 is 5.83. The van der Waals surface area contributed by atoms with Crippen molar-refractivity contribution in [1.29, 1.82) is 0 Å². The first-order chi connectivity index (χ1) is 14.3. The number of ether oxygens (including phenoxy) is 2. The third kappa shape index (κ3) is 4.53. The number of rotatable bonds is 7. The normalized spacial score (nSPS) is 15.2. The largest absolute Gasteiger partial charge is 0.457 e. The lowest BCUT2D eigenvalue weighted by atomic mass is 10.1. The van der Waals surface area contributed by atoms with E-state index in [0.29, 0.717) is 17.1 Å². The average Bonchev–Trinajstić information content (AvgIpc) is 3.15. The van der Waals surface area contributed by atoms with Crippen LogP contribution in [0.4, 0.5) is 23.2 Å². The highest BCUT2D eigenvalue weighted by Crippen LogP contribution is 2.31. The summed E-state index contributed by atoms with van der Waals surface area (Å²) in [5, 5.41) is 7.86. The molecule has 3 heterocycles. The summed E-state index contributed by atoms with van der Waals surface area (Å²) < 4.78 is 61.8. The molecule has 0 bridgehead atoms. The molecule has 1 fully saturated rings. The van der Waals surface area contributed by atoms with E-state index in [4.69, 9.17) is 16.3 Å². The molecule has 0 radical (unpaired) electrons. The molecule has 0 saturated carbocycles. The molecule has 1 aliphatic heterocycles. The molecule has 13 heteroatoms. The Hall–Kier alpha value is -3.15. The fourth-order valence-electron chi connectivity index (χ4n) is 2.69. The summed E-state index contributed by atoms with van der Waals surface area (Å²) in [5.41, 5.74) is 1.29. The second-order valence-electron chi connectivity index (χ2n) is 6.37. The molecule has 0 unspecified atom stereocenters. The van der Waals surface area contributed by atoms with Crippen molar-refractivity contribution < 1.29 is 27.0 Å². The first-order valence-electron chi connectivity index (χ1n) is 8.53. The Bertz CT molecular complexity index is 1030. The Morgan fingerprint density at radius 2 is 1.87 bits per heavy atom. The van der Waals surface area contributed by atoms with E-state index in [-0.39, 0.29) is 36.5 Å². The number of nitrogens with zero attached hydrogens (tertiary/aromatic N) is 6. The molecule has 158 valence electrons. The second kappa shape index (κ2) is 7.94. The standard InChI is InChI=1S/C17H13ClF4N6O2/c18-13-2-1-11(3-14(13)30-15(19)20)28-6-10(25-26-28)7-29-16-23-4-12(5-24-16)27-8-17(21,22)9-27/h1-6,15H,7-9H2. The van der Waals surface area contributed by atoms with E-state index in [1.165, 1.54) is 40.3 Å². The second-order valence-corrected chi connectivity index (χ2v) is 6.78. The van der Waals surface area contributed by atoms with Crippen LogP contribution in [0.1, 0.15) is 5.69 Å². The molecule has 0 amide bonds. The Morgan fingerprint density at radius 3 is 2.53 bits per heavy atom. The van der Waals surface area contributed by atoms with Gasteiger partial charge in [0, 0.05) is 6.07 Å². The number of alkyl halides is 4. The van der Waals surface area contributed by atoms with E-state index in [1.54, 1.807) is 6.07 Å². The van der Waals surface area contributed by atoms with Crippen molar-refractivity contribution in [3.63, 3.8) is 0 Å². The van der Waals surface area contributed by atoms with Gasteiger partial charge in [-0.05, 0) is 12.1 Å². The molecule has 3 aromatic rings. The highest BCUT2D eigenvalue weighted by atomic mass is 35.5. The molecule has 1 saturated heterocycles. The maximum Gasteiger partial charge on any atom is 0.387 e. The van der Waals surface area contributed by atoms with Crippen molar-refractivity contribution in [3.8, 4) is 17.4 Å². The van der Waals surface area contributed by atoms with E-state index < -0.39 is 12.5 Å². The Morgan fingerprint density at radius 1 is 1.13 bits per heavy atom. The van der Waals surface area contributed by atoms with E-state index in [2.05, 4.69) is 25.0 Å². The van der Waals surface area contributed by atoms with Crippen LogP contribution in [-0.2, 0) is 6.61 Å². The number of hydrogen-bond acceptors (Lipinski definition) is 7. The first kappa shape index (κ1) is 20.1. The minimum Gasteiger partial charge on any atom is -0.457 e. The van der Waals surface area contributed by atoms with Crippen LogP contribution in [0.5, 0.6) is 11.8 Å². The van der Waals surface area contributed by atoms with Gasteiger partial charge in [0.2, 0.25) is 0 Å². The Balaban J connectivity index is 1.37. The van der Waals surface area contributed by atoms with Crippen LogP contribution in [0.15, 0.2) is 36.8 Å². The summed E-state index contributed by atoms with van der Waals surface area (Å²) in [6.07, 6.45) is 4.31. The van der Waals surface area contributed by atoms with Crippen molar-refractivity contribution in [1.82, 2.24) is 25.0 Å². The number of halogens is 5.